The molecule has 2 nitrogen and oxygen atoms in total. The fourth-order valence-corrected chi connectivity index (χ4v) is 2.51. The maximum Gasteiger partial charge on any atom is 0.123 e. The quantitative estimate of drug-likeness (QED) is 0.863. The maximum atomic E-state index is 10.1. The van der Waals surface area contributed by atoms with Gasteiger partial charge in [-0.25, -0.2) is 0 Å². The predicted octanol–water partition coefficient (Wildman–Crippen LogP) is 4.82. The van der Waals surface area contributed by atoms with E-state index >= 15 is 0 Å². The van der Waals surface area contributed by atoms with Gasteiger partial charge in [-0.1, -0.05) is 41.9 Å². The molecule has 0 amide bonds. The number of halogens is 1. The monoisotopic (exact) mass is 315 g/mol. The second kappa shape index (κ2) is 5.46. The van der Waals surface area contributed by atoms with Crippen molar-refractivity contribution in [2.45, 2.75) is 19.8 Å². The number of nitrogens with zero attached hydrogens (tertiary/aromatic N) is 1. The molecule has 2 aromatic carbocycles. The summed E-state index contributed by atoms with van der Waals surface area (Å²) in [7, 11) is 0. The number of phenols is 1. The lowest BCUT2D eigenvalue weighted by Crippen LogP contribution is -1.96. The molecule has 3 heteroatoms. The van der Waals surface area contributed by atoms with Crippen molar-refractivity contribution in [3.05, 3.63) is 52.0 Å². The predicted molar refractivity (Wildman–Crippen MR) is 80.0 cm³/mol. The first-order valence-corrected chi connectivity index (χ1v) is 6.85. The third kappa shape index (κ3) is 2.64. The lowest BCUT2D eigenvalue weighted by molar-refractivity contribution is 0.477. The van der Waals surface area contributed by atoms with Gasteiger partial charge in [-0.15, -0.1) is 0 Å². The standard InChI is InChI=1S/C16H14BrNO/c1-10(2)13-5-3-4-11(9-18)16(13)14-8-12(17)6-7-15(14)19/h3-8,10,19H,1-2H3. The molecule has 0 saturated carbocycles. The van der Waals surface area contributed by atoms with E-state index in [-0.39, 0.29) is 11.7 Å². The Morgan fingerprint density at radius 1 is 1.21 bits per heavy atom. The summed E-state index contributed by atoms with van der Waals surface area (Å²) in [5.41, 5.74) is 3.15. The first kappa shape index (κ1) is 13.6. The zero-order valence-electron chi connectivity index (χ0n) is 10.8. The van der Waals surface area contributed by atoms with Gasteiger partial charge in [0, 0.05) is 15.6 Å². The molecule has 2 rings (SSSR count). The second-order valence-electron chi connectivity index (χ2n) is 4.70. The van der Waals surface area contributed by atoms with Crippen LogP contribution in [0.25, 0.3) is 11.1 Å². The first-order chi connectivity index (χ1) is 9.04. The summed E-state index contributed by atoms with van der Waals surface area (Å²) in [4.78, 5) is 0. The van der Waals surface area contributed by atoms with Crippen LogP contribution in [0, 0.1) is 11.3 Å². The average molecular weight is 316 g/mol. The summed E-state index contributed by atoms with van der Waals surface area (Å²) in [6.45, 7) is 4.16. The van der Waals surface area contributed by atoms with E-state index in [0.29, 0.717) is 11.1 Å². The molecular weight excluding hydrogens is 302 g/mol. The molecule has 0 radical (unpaired) electrons. The number of benzene rings is 2. The van der Waals surface area contributed by atoms with E-state index in [1.165, 1.54) is 0 Å². The van der Waals surface area contributed by atoms with Crippen molar-refractivity contribution in [2.75, 3.05) is 0 Å². The van der Waals surface area contributed by atoms with E-state index in [2.05, 4.69) is 35.8 Å². The van der Waals surface area contributed by atoms with Gasteiger partial charge < -0.3 is 5.11 Å². The first-order valence-electron chi connectivity index (χ1n) is 6.06. The molecule has 0 bridgehead atoms. The van der Waals surface area contributed by atoms with Crippen LogP contribution in [0.3, 0.4) is 0 Å². The van der Waals surface area contributed by atoms with Gasteiger partial charge in [-0.2, -0.15) is 5.26 Å². The molecule has 1 N–H and O–H groups in total. The van der Waals surface area contributed by atoms with Gasteiger partial charge in [0.15, 0.2) is 0 Å². The molecule has 0 atom stereocenters. The Bertz CT molecular complexity index is 656. The molecule has 0 unspecified atom stereocenters. The summed E-state index contributed by atoms with van der Waals surface area (Å²) >= 11 is 3.41. The Morgan fingerprint density at radius 3 is 2.58 bits per heavy atom. The van der Waals surface area contributed by atoms with Gasteiger partial charge in [0.2, 0.25) is 0 Å². The molecule has 0 spiro atoms. The van der Waals surface area contributed by atoms with E-state index in [4.69, 9.17) is 0 Å². The van der Waals surface area contributed by atoms with Crippen molar-refractivity contribution < 1.29 is 5.11 Å². The van der Waals surface area contributed by atoms with E-state index in [1.807, 2.05) is 18.2 Å². The van der Waals surface area contributed by atoms with Crippen LogP contribution in [-0.4, -0.2) is 5.11 Å². The Kier molecular flexibility index (Phi) is 3.92. The van der Waals surface area contributed by atoms with Crippen LogP contribution in [0.2, 0.25) is 0 Å². The molecule has 0 aliphatic rings. The minimum absolute atomic E-state index is 0.188. The van der Waals surface area contributed by atoms with Crippen molar-refractivity contribution in [1.82, 2.24) is 0 Å². The van der Waals surface area contributed by atoms with Crippen molar-refractivity contribution in [3.63, 3.8) is 0 Å². The average Bonchev–Trinajstić information content (AvgIpc) is 2.40. The highest BCUT2D eigenvalue weighted by molar-refractivity contribution is 9.10. The van der Waals surface area contributed by atoms with Crippen LogP contribution >= 0.6 is 15.9 Å². The molecule has 0 aliphatic heterocycles. The van der Waals surface area contributed by atoms with Gasteiger partial charge >= 0.3 is 0 Å². The van der Waals surface area contributed by atoms with E-state index in [1.54, 1.807) is 18.2 Å². The minimum atomic E-state index is 0.188. The summed E-state index contributed by atoms with van der Waals surface area (Å²) in [5, 5.41) is 19.4. The van der Waals surface area contributed by atoms with E-state index in [9.17, 15) is 10.4 Å². The summed E-state index contributed by atoms with van der Waals surface area (Å²) in [6.07, 6.45) is 0. The molecule has 0 saturated heterocycles. The highest BCUT2D eigenvalue weighted by Gasteiger charge is 2.16. The van der Waals surface area contributed by atoms with Gasteiger partial charge in [0.05, 0.1) is 11.6 Å². The lowest BCUT2D eigenvalue weighted by Gasteiger charge is -2.15. The largest absolute Gasteiger partial charge is 0.507 e. The second-order valence-corrected chi connectivity index (χ2v) is 5.61. The van der Waals surface area contributed by atoms with Gasteiger partial charge in [0.1, 0.15) is 5.75 Å². The Balaban J connectivity index is 2.80. The normalized spacial score (nSPS) is 10.5. The molecule has 0 heterocycles. The molecule has 0 aromatic heterocycles. The topological polar surface area (TPSA) is 44.0 Å². The number of hydrogen-bond acceptors (Lipinski definition) is 2. The van der Waals surface area contributed by atoms with Crippen LogP contribution in [0.5, 0.6) is 5.75 Å². The van der Waals surface area contributed by atoms with E-state index in [0.717, 1.165) is 15.6 Å². The highest BCUT2D eigenvalue weighted by atomic mass is 79.9. The molecule has 96 valence electrons. The van der Waals surface area contributed by atoms with Crippen molar-refractivity contribution in [2.24, 2.45) is 0 Å². The van der Waals surface area contributed by atoms with Crippen molar-refractivity contribution in [3.8, 4) is 22.9 Å². The van der Waals surface area contributed by atoms with Crippen molar-refractivity contribution >= 4 is 15.9 Å². The van der Waals surface area contributed by atoms with E-state index < -0.39 is 0 Å². The van der Waals surface area contributed by atoms with Gasteiger partial charge in [0.25, 0.3) is 0 Å². The van der Waals surface area contributed by atoms with Crippen LogP contribution in [0.4, 0.5) is 0 Å². The smallest absolute Gasteiger partial charge is 0.123 e. The Morgan fingerprint density at radius 2 is 1.95 bits per heavy atom. The number of rotatable bonds is 2. The molecule has 19 heavy (non-hydrogen) atoms. The van der Waals surface area contributed by atoms with Gasteiger partial charge in [-0.3, -0.25) is 0 Å². The van der Waals surface area contributed by atoms with Gasteiger partial charge in [-0.05, 0) is 35.7 Å². The van der Waals surface area contributed by atoms with Crippen LogP contribution in [0.15, 0.2) is 40.9 Å². The third-order valence-corrected chi connectivity index (χ3v) is 3.56. The minimum Gasteiger partial charge on any atom is -0.507 e. The molecule has 0 aliphatic carbocycles. The molecular formula is C16H14BrNO. The fourth-order valence-electron chi connectivity index (χ4n) is 2.15. The molecule has 0 fully saturated rings. The van der Waals surface area contributed by atoms with Crippen LogP contribution in [0.1, 0.15) is 30.9 Å². The highest BCUT2D eigenvalue weighted by Crippen LogP contribution is 2.38. The third-order valence-electron chi connectivity index (χ3n) is 3.07. The Hall–Kier alpha value is -1.79. The summed E-state index contributed by atoms with van der Waals surface area (Å²) in [6, 6.07) is 13.1. The molecule has 2 aromatic rings. The van der Waals surface area contributed by atoms with Crippen molar-refractivity contribution in [1.29, 1.82) is 5.26 Å². The zero-order valence-corrected chi connectivity index (χ0v) is 12.4. The zero-order chi connectivity index (χ0) is 14.0. The SMILES string of the molecule is CC(C)c1cccc(C#N)c1-c1cc(Br)ccc1O. The summed E-state index contributed by atoms with van der Waals surface area (Å²) < 4.78 is 0.878. The number of nitriles is 1. The lowest BCUT2D eigenvalue weighted by atomic mass is 9.89. The number of hydrogen-bond donors (Lipinski definition) is 1. The maximum absolute atomic E-state index is 10.1. The van der Waals surface area contributed by atoms with Crippen LogP contribution in [-0.2, 0) is 0 Å². The Labute approximate surface area is 121 Å². The van der Waals surface area contributed by atoms with Crippen LogP contribution < -0.4 is 0 Å². The summed E-state index contributed by atoms with van der Waals surface area (Å²) in [5.74, 6) is 0.467. The number of aromatic hydroxyl groups is 1. The fraction of sp³-hybridized carbons (Fsp3) is 0.188. The number of phenolic OH excluding ortho intramolecular Hbond substituents is 1.